The molecule has 2 saturated heterocycles. The van der Waals surface area contributed by atoms with Crippen molar-refractivity contribution in [3.05, 3.63) is 11.6 Å². The second-order valence-corrected chi connectivity index (χ2v) is 6.87. The Bertz CT molecular complexity index is 379. The maximum atomic E-state index is 12.1. The molecule has 0 aromatic heterocycles. The zero-order chi connectivity index (χ0) is 14.5. The number of likely N-dealkylation sites (tertiary alicyclic amines) is 1. The molecule has 0 aromatic carbocycles. The maximum Gasteiger partial charge on any atom is 0.234 e. The van der Waals surface area contributed by atoms with Gasteiger partial charge in [-0.05, 0) is 57.4 Å². The highest BCUT2D eigenvalue weighted by Gasteiger charge is 2.34. The molecular weight excluding hydrogens is 262 g/mol. The van der Waals surface area contributed by atoms with Crippen LogP contribution < -0.4 is 10.6 Å². The lowest BCUT2D eigenvalue weighted by molar-refractivity contribution is -0.122. The van der Waals surface area contributed by atoms with E-state index in [1.54, 1.807) is 0 Å². The molecule has 4 nitrogen and oxygen atoms in total. The van der Waals surface area contributed by atoms with Crippen LogP contribution >= 0.6 is 0 Å². The SMILES string of the molecule is O=C(CN1CC2CCCNC2C1)NCCC1=CCCCC1. The number of hydrogen-bond acceptors (Lipinski definition) is 3. The first-order valence-corrected chi connectivity index (χ1v) is 8.71. The number of hydrogen-bond donors (Lipinski definition) is 2. The Morgan fingerprint density at radius 2 is 2.29 bits per heavy atom. The van der Waals surface area contributed by atoms with Crippen LogP contribution in [0.4, 0.5) is 0 Å². The van der Waals surface area contributed by atoms with Crippen LogP contribution in [0.5, 0.6) is 0 Å². The first kappa shape index (κ1) is 15.0. The van der Waals surface area contributed by atoms with Crippen molar-refractivity contribution in [2.24, 2.45) is 5.92 Å². The normalized spacial score (nSPS) is 29.8. The zero-order valence-corrected chi connectivity index (χ0v) is 13.1. The fourth-order valence-electron chi connectivity index (χ4n) is 4.02. The summed E-state index contributed by atoms with van der Waals surface area (Å²) in [5.41, 5.74) is 1.54. The summed E-state index contributed by atoms with van der Waals surface area (Å²) in [4.78, 5) is 14.4. The fourth-order valence-corrected chi connectivity index (χ4v) is 4.02. The Morgan fingerprint density at radius 1 is 1.33 bits per heavy atom. The number of carbonyl (C=O) groups is 1. The van der Waals surface area contributed by atoms with E-state index in [4.69, 9.17) is 0 Å². The van der Waals surface area contributed by atoms with E-state index < -0.39 is 0 Å². The Hall–Kier alpha value is -0.870. The highest BCUT2D eigenvalue weighted by atomic mass is 16.2. The molecular formula is C17H29N3O. The van der Waals surface area contributed by atoms with Gasteiger partial charge in [-0.1, -0.05) is 11.6 Å². The Morgan fingerprint density at radius 3 is 3.10 bits per heavy atom. The predicted molar refractivity (Wildman–Crippen MR) is 85.1 cm³/mol. The van der Waals surface area contributed by atoms with Gasteiger partial charge in [0, 0.05) is 25.7 Å². The van der Waals surface area contributed by atoms with Crippen LogP contribution in [0.1, 0.15) is 44.9 Å². The van der Waals surface area contributed by atoms with Gasteiger partial charge >= 0.3 is 0 Å². The topological polar surface area (TPSA) is 44.4 Å². The molecule has 1 aliphatic carbocycles. The van der Waals surface area contributed by atoms with Gasteiger partial charge < -0.3 is 10.6 Å². The number of fused-ring (bicyclic) bond motifs is 1. The van der Waals surface area contributed by atoms with Crippen molar-refractivity contribution in [2.45, 2.75) is 51.0 Å². The van der Waals surface area contributed by atoms with Gasteiger partial charge in [-0.3, -0.25) is 9.69 Å². The Balaban J connectivity index is 1.34. The van der Waals surface area contributed by atoms with Crippen LogP contribution in [0.3, 0.4) is 0 Å². The molecule has 0 radical (unpaired) electrons. The average molecular weight is 291 g/mol. The van der Waals surface area contributed by atoms with Crippen LogP contribution in [0.2, 0.25) is 0 Å². The van der Waals surface area contributed by atoms with E-state index in [9.17, 15) is 4.79 Å². The second-order valence-electron chi connectivity index (χ2n) is 6.87. The van der Waals surface area contributed by atoms with Gasteiger partial charge in [-0.25, -0.2) is 0 Å². The van der Waals surface area contributed by atoms with Crippen molar-refractivity contribution < 1.29 is 4.79 Å². The molecule has 2 heterocycles. The largest absolute Gasteiger partial charge is 0.355 e. The lowest BCUT2D eigenvalue weighted by Gasteiger charge is -2.24. The van der Waals surface area contributed by atoms with Crippen molar-refractivity contribution in [1.29, 1.82) is 0 Å². The van der Waals surface area contributed by atoms with Crippen LogP contribution in [0.15, 0.2) is 11.6 Å². The summed E-state index contributed by atoms with van der Waals surface area (Å²) >= 11 is 0. The highest BCUT2D eigenvalue weighted by molar-refractivity contribution is 5.78. The number of rotatable bonds is 5. The molecule has 3 rings (SSSR count). The molecule has 0 aromatic rings. The minimum atomic E-state index is 0.199. The number of nitrogens with one attached hydrogen (secondary N) is 2. The molecule has 2 aliphatic heterocycles. The quantitative estimate of drug-likeness (QED) is 0.758. The van der Waals surface area contributed by atoms with Crippen LogP contribution in [0, 0.1) is 5.92 Å². The van der Waals surface area contributed by atoms with Crippen molar-refractivity contribution in [2.75, 3.05) is 32.7 Å². The molecule has 118 valence electrons. The molecule has 0 bridgehead atoms. The number of amides is 1. The van der Waals surface area contributed by atoms with Crippen LogP contribution in [-0.2, 0) is 4.79 Å². The summed E-state index contributed by atoms with van der Waals surface area (Å²) < 4.78 is 0. The molecule has 2 N–H and O–H groups in total. The molecule has 0 saturated carbocycles. The van der Waals surface area contributed by atoms with Crippen LogP contribution in [0.25, 0.3) is 0 Å². The first-order chi connectivity index (χ1) is 10.3. The van der Waals surface area contributed by atoms with E-state index >= 15 is 0 Å². The van der Waals surface area contributed by atoms with Crippen molar-refractivity contribution in [3.63, 3.8) is 0 Å². The van der Waals surface area contributed by atoms with Gasteiger partial charge in [0.15, 0.2) is 0 Å². The minimum absolute atomic E-state index is 0.199. The van der Waals surface area contributed by atoms with Gasteiger partial charge in [0.2, 0.25) is 5.91 Å². The Labute approximate surface area is 128 Å². The third kappa shape index (κ3) is 4.30. The van der Waals surface area contributed by atoms with Gasteiger partial charge in [0.25, 0.3) is 0 Å². The maximum absolute atomic E-state index is 12.1. The third-order valence-corrected chi connectivity index (χ3v) is 5.20. The summed E-state index contributed by atoms with van der Waals surface area (Å²) in [6.07, 6.45) is 11.1. The van der Waals surface area contributed by atoms with E-state index in [-0.39, 0.29) is 5.91 Å². The molecule has 2 unspecified atom stereocenters. The standard InChI is InChI=1S/C17H29N3O/c21-17(19-10-8-14-5-2-1-3-6-14)13-20-11-15-7-4-9-18-16(15)12-20/h5,15-16,18H,1-4,6-13H2,(H,19,21). The first-order valence-electron chi connectivity index (χ1n) is 8.71. The zero-order valence-electron chi connectivity index (χ0n) is 13.1. The lowest BCUT2D eigenvalue weighted by atomic mass is 9.94. The van der Waals surface area contributed by atoms with Gasteiger partial charge in [-0.15, -0.1) is 0 Å². The fraction of sp³-hybridized carbons (Fsp3) is 0.824. The molecule has 4 heteroatoms. The number of carbonyl (C=O) groups excluding carboxylic acids is 1. The minimum Gasteiger partial charge on any atom is -0.355 e. The molecule has 0 spiro atoms. The summed E-state index contributed by atoms with van der Waals surface area (Å²) in [6, 6.07) is 0.624. The highest BCUT2D eigenvalue weighted by Crippen LogP contribution is 2.24. The molecule has 21 heavy (non-hydrogen) atoms. The number of allylic oxidation sites excluding steroid dienone is 1. The third-order valence-electron chi connectivity index (χ3n) is 5.20. The lowest BCUT2D eigenvalue weighted by Crippen LogP contribution is -2.41. The molecule has 2 atom stereocenters. The van der Waals surface area contributed by atoms with E-state index in [2.05, 4.69) is 21.6 Å². The van der Waals surface area contributed by atoms with E-state index in [1.165, 1.54) is 44.1 Å². The average Bonchev–Trinajstić information content (AvgIpc) is 2.90. The molecule has 3 aliphatic rings. The van der Waals surface area contributed by atoms with Crippen molar-refractivity contribution in [3.8, 4) is 0 Å². The summed E-state index contributed by atoms with van der Waals surface area (Å²) in [5, 5.41) is 6.69. The van der Waals surface area contributed by atoms with Gasteiger partial charge in [0.05, 0.1) is 6.54 Å². The van der Waals surface area contributed by atoms with Crippen molar-refractivity contribution in [1.82, 2.24) is 15.5 Å². The number of nitrogens with zero attached hydrogens (tertiary/aromatic N) is 1. The van der Waals surface area contributed by atoms with Crippen molar-refractivity contribution >= 4 is 5.91 Å². The van der Waals surface area contributed by atoms with E-state index in [0.29, 0.717) is 12.6 Å². The predicted octanol–water partition coefficient (Wildman–Crippen LogP) is 1.68. The second kappa shape index (κ2) is 7.41. The van der Waals surface area contributed by atoms with E-state index in [1.807, 2.05) is 0 Å². The molecule has 2 fully saturated rings. The summed E-state index contributed by atoms with van der Waals surface area (Å²) in [6.45, 7) is 4.67. The molecule has 1 amide bonds. The van der Waals surface area contributed by atoms with Gasteiger partial charge in [-0.2, -0.15) is 0 Å². The monoisotopic (exact) mass is 291 g/mol. The summed E-state index contributed by atoms with van der Waals surface area (Å²) in [5.74, 6) is 0.962. The summed E-state index contributed by atoms with van der Waals surface area (Å²) in [7, 11) is 0. The van der Waals surface area contributed by atoms with Crippen LogP contribution in [-0.4, -0.2) is 49.6 Å². The van der Waals surface area contributed by atoms with E-state index in [0.717, 1.165) is 38.5 Å². The Kier molecular flexibility index (Phi) is 5.31. The smallest absolute Gasteiger partial charge is 0.234 e. The number of piperidine rings is 1. The van der Waals surface area contributed by atoms with Gasteiger partial charge in [0.1, 0.15) is 0 Å².